The molecule has 108 valence electrons. The van der Waals surface area contributed by atoms with Gasteiger partial charge in [-0.25, -0.2) is 4.39 Å². The summed E-state index contributed by atoms with van der Waals surface area (Å²) in [5.41, 5.74) is 0.574. The molecular weight excluding hydrogens is 269 g/mol. The van der Waals surface area contributed by atoms with E-state index in [9.17, 15) is 9.18 Å². The topological polar surface area (TPSA) is 38.1 Å². The highest BCUT2D eigenvalue weighted by Crippen LogP contribution is 2.54. The molecule has 1 amide bonds. The maximum Gasteiger partial charge on any atom is 0.243 e. The first kappa shape index (κ1) is 12.6. The van der Waals surface area contributed by atoms with Crippen molar-refractivity contribution in [2.24, 2.45) is 7.05 Å². The SMILES string of the molecule is Cn1nccc1N1C(=O)C2(CCCC2)c2c(F)cccc21. The minimum Gasteiger partial charge on any atom is -0.273 e. The summed E-state index contributed by atoms with van der Waals surface area (Å²) in [6.07, 6.45) is 5.06. The predicted molar refractivity (Wildman–Crippen MR) is 76.9 cm³/mol. The molecule has 1 saturated carbocycles. The van der Waals surface area contributed by atoms with Gasteiger partial charge in [0.2, 0.25) is 5.91 Å². The Morgan fingerprint density at radius 1 is 1.24 bits per heavy atom. The predicted octanol–water partition coefficient (Wildman–Crippen LogP) is 3.05. The Balaban J connectivity index is 1.98. The highest BCUT2D eigenvalue weighted by Gasteiger charge is 2.54. The monoisotopic (exact) mass is 285 g/mol. The van der Waals surface area contributed by atoms with E-state index in [0.717, 1.165) is 25.7 Å². The zero-order valence-electron chi connectivity index (χ0n) is 11.8. The number of aryl methyl sites for hydroxylation is 1. The largest absolute Gasteiger partial charge is 0.273 e. The Kier molecular flexibility index (Phi) is 2.49. The molecule has 1 aromatic heterocycles. The van der Waals surface area contributed by atoms with Gasteiger partial charge in [0.15, 0.2) is 0 Å². The van der Waals surface area contributed by atoms with Gasteiger partial charge >= 0.3 is 0 Å². The van der Waals surface area contributed by atoms with E-state index in [-0.39, 0.29) is 11.7 Å². The molecule has 5 heteroatoms. The first-order valence-electron chi connectivity index (χ1n) is 7.27. The highest BCUT2D eigenvalue weighted by atomic mass is 19.1. The molecule has 4 rings (SSSR count). The van der Waals surface area contributed by atoms with Crippen LogP contribution in [0.15, 0.2) is 30.5 Å². The lowest BCUT2D eigenvalue weighted by Gasteiger charge is -2.23. The van der Waals surface area contributed by atoms with Crippen molar-refractivity contribution < 1.29 is 9.18 Å². The van der Waals surface area contributed by atoms with Crippen LogP contribution in [0.5, 0.6) is 0 Å². The highest BCUT2D eigenvalue weighted by molar-refractivity contribution is 6.12. The number of hydrogen-bond acceptors (Lipinski definition) is 2. The van der Waals surface area contributed by atoms with Crippen LogP contribution in [0.2, 0.25) is 0 Å². The zero-order valence-corrected chi connectivity index (χ0v) is 11.8. The number of anilines is 2. The fourth-order valence-corrected chi connectivity index (χ4v) is 3.86. The fraction of sp³-hybridized carbons (Fsp3) is 0.375. The van der Waals surface area contributed by atoms with Crippen LogP contribution >= 0.6 is 0 Å². The van der Waals surface area contributed by atoms with Crippen molar-refractivity contribution in [2.45, 2.75) is 31.1 Å². The Hall–Kier alpha value is -2.17. The van der Waals surface area contributed by atoms with Crippen molar-refractivity contribution in [1.82, 2.24) is 9.78 Å². The molecule has 1 aliphatic heterocycles. The van der Waals surface area contributed by atoms with Crippen LogP contribution in [0.3, 0.4) is 0 Å². The van der Waals surface area contributed by atoms with E-state index >= 15 is 0 Å². The Labute approximate surface area is 122 Å². The lowest BCUT2D eigenvalue weighted by Crippen LogP contribution is -2.37. The van der Waals surface area contributed by atoms with Crippen LogP contribution in [-0.4, -0.2) is 15.7 Å². The van der Waals surface area contributed by atoms with Crippen LogP contribution in [-0.2, 0) is 17.3 Å². The number of carbonyl (C=O) groups is 1. The van der Waals surface area contributed by atoms with Gasteiger partial charge in [-0.2, -0.15) is 5.10 Å². The van der Waals surface area contributed by atoms with E-state index in [4.69, 9.17) is 0 Å². The van der Waals surface area contributed by atoms with Gasteiger partial charge in [-0.05, 0) is 25.0 Å². The normalized spacial score (nSPS) is 19.5. The molecule has 2 aromatic rings. The molecule has 0 saturated heterocycles. The van der Waals surface area contributed by atoms with Crippen LogP contribution in [0.25, 0.3) is 0 Å². The first-order valence-corrected chi connectivity index (χ1v) is 7.27. The molecule has 0 unspecified atom stereocenters. The second-order valence-electron chi connectivity index (χ2n) is 5.88. The lowest BCUT2D eigenvalue weighted by atomic mass is 9.80. The van der Waals surface area contributed by atoms with Gasteiger partial charge in [-0.15, -0.1) is 0 Å². The number of carbonyl (C=O) groups excluding carboxylic acids is 1. The molecule has 0 bridgehead atoms. The van der Waals surface area contributed by atoms with Gasteiger partial charge < -0.3 is 0 Å². The Morgan fingerprint density at radius 2 is 2.00 bits per heavy atom. The second-order valence-corrected chi connectivity index (χ2v) is 5.88. The molecule has 1 aromatic carbocycles. The smallest absolute Gasteiger partial charge is 0.243 e. The average molecular weight is 285 g/mol. The van der Waals surface area contributed by atoms with E-state index in [1.807, 2.05) is 6.07 Å². The number of fused-ring (bicyclic) bond motifs is 2. The summed E-state index contributed by atoms with van der Waals surface area (Å²) in [7, 11) is 1.79. The molecule has 2 aliphatic rings. The zero-order chi connectivity index (χ0) is 14.6. The lowest BCUT2D eigenvalue weighted by molar-refractivity contribution is -0.122. The van der Waals surface area contributed by atoms with E-state index in [1.54, 1.807) is 35.0 Å². The quantitative estimate of drug-likeness (QED) is 0.807. The summed E-state index contributed by atoms with van der Waals surface area (Å²) < 4.78 is 16.1. The molecule has 21 heavy (non-hydrogen) atoms. The molecule has 0 N–H and O–H groups in total. The van der Waals surface area contributed by atoms with E-state index in [2.05, 4.69) is 5.10 Å². The molecular formula is C16H16FN3O. The Morgan fingerprint density at radius 3 is 2.67 bits per heavy atom. The minimum absolute atomic E-state index is 0.0105. The molecule has 1 aliphatic carbocycles. The average Bonchev–Trinajstić information content (AvgIpc) is 3.14. The number of hydrogen-bond donors (Lipinski definition) is 0. The number of aromatic nitrogens is 2. The second kappa shape index (κ2) is 4.16. The summed E-state index contributed by atoms with van der Waals surface area (Å²) in [6, 6.07) is 6.74. The minimum atomic E-state index is -0.676. The van der Waals surface area contributed by atoms with Gasteiger partial charge in [-0.1, -0.05) is 18.9 Å². The molecule has 0 radical (unpaired) electrons. The summed E-state index contributed by atoms with van der Waals surface area (Å²) >= 11 is 0. The van der Waals surface area contributed by atoms with Crippen molar-refractivity contribution in [3.8, 4) is 0 Å². The molecule has 1 spiro atoms. The maximum absolute atomic E-state index is 14.5. The summed E-state index contributed by atoms with van der Waals surface area (Å²) in [4.78, 5) is 14.7. The third kappa shape index (κ3) is 1.49. The third-order valence-electron chi connectivity index (χ3n) is 4.80. The molecule has 0 atom stereocenters. The van der Waals surface area contributed by atoms with E-state index in [1.165, 1.54) is 6.07 Å². The number of amides is 1. The van der Waals surface area contributed by atoms with Crippen molar-refractivity contribution in [1.29, 1.82) is 0 Å². The van der Waals surface area contributed by atoms with Crippen LogP contribution in [0.1, 0.15) is 31.2 Å². The van der Waals surface area contributed by atoms with Crippen molar-refractivity contribution in [2.75, 3.05) is 4.90 Å². The number of benzene rings is 1. The summed E-state index contributed by atoms with van der Waals surface area (Å²) in [6.45, 7) is 0. The van der Waals surface area contributed by atoms with Gasteiger partial charge in [0.25, 0.3) is 0 Å². The Bertz CT molecular complexity index is 731. The van der Waals surface area contributed by atoms with Gasteiger partial charge in [0.05, 0.1) is 17.3 Å². The van der Waals surface area contributed by atoms with Crippen molar-refractivity contribution in [3.63, 3.8) is 0 Å². The number of halogens is 1. The summed E-state index contributed by atoms with van der Waals surface area (Å²) in [5.74, 6) is 0.409. The van der Waals surface area contributed by atoms with E-state index < -0.39 is 5.41 Å². The molecule has 2 heterocycles. The van der Waals surface area contributed by atoms with E-state index in [0.29, 0.717) is 17.1 Å². The summed E-state index contributed by atoms with van der Waals surface area (Å²) in [5, 5.41) is 4.14. The van der Waals surface area contributed by atoms with Crippen molar-refractivity contribution in [3.05, 3.63) is 41.8 Å². The third-order valence-corrected chi connectivity index (χ3v) is 4.80. The van der Waals surface area contributed by atoms with Gasteiger partial charge in [0.1, 0.15) is 11.6 Å². The molecule has 4 nitrogen and oxygen atoms in total. The van der Waals surface area contributed by atoms with Crippen molar-refractivity contribution >= 4 is 17.4 Å². The van der Waals surface area contributed by atoms with Crippen LogP contribution in [0.4, 0.5) is 15.9 Å². The van der Waals surface area contributed by atoms with Gasteiger partial charge in [0, 0.05) is 18.7 Å². The standard InChI is InChI=1S/C16H16FN3O/c1-19-13(7-10-18-19)20-12-6-4-5-11(17)14(12)16(15(20)21)8-2-3-9-16/h4-7,10H,2-3,8-9H2,1H3. The maximum atomic E-state index is 14.5. The molecule has 1 fully saturated rings. The fourth-order valence-electron chi connectivity index (χ4n) is 3.86. The number of rotatable bonds is 1. The first-order chi connectivity index (χ1) is 10.1. The van der Waals surface area contributed by atoms with Gasteiger partial charge in [-0.3, -0.25) is 14.4 Å². The van der Waals surface area contributed by atoms with Crippen LogP contribution < -0.4 is 4.90 Å². The van der Waals surface area contributed by atoms with Crippen LogP contribution in [0, 0.1) is 5.82 Å². The number of nitrogens with zero attached hydrogens (tertiary/aromatic N) is 3.